The molecule has 18 atom stereocenters. The lowest BCUT2D eigenvalue weighted by molar-refractivity contribution is -0.236. The molecule has 3 aliphatic heterocycles. The number of likely N-dealkylation sites (N-methyl/N-ethyl adjacent to an activating group) is 1. The van der Waals surface area contributed by atoms with Crippen molar-refractivity contribution in [2.75, 3.05) is 40.3 Å². The van der Waals surface area contributed by atoms with Gasteiger partial charge >= 0.3 is 5.97 Å². The largest absolute Gasteiger partial charge is 0.462 e. The maximum Gasteiger partial charge on any atom is 0.306 e. The molecule has 1 N–H and O–H groups in total. The number of carbonyl (C=O) groups excluding carboxylic acids is 2. The van der Waals surface area contributed by atoms with Gasteiger partial charge in [-0.3, -0.25) is 9.59 Å². The van der Waals surface area contributed by atoms with Crippen LogP contribution in [-0.2, 0) is 42.7 Å². The number of Topliss-reactive ketones (excluding diaryl/α,β-unsaturated/α-hetero) is 1. The molecule has 14 heteroatoms. The van der Waals surface area contributed by atoms with Crippen molar-refractivity contribution in [3.63, 3.8) is 0 Å². The molecule has 1 aromatic rings. The first-order valence-corrected chi connectivity index (χ1v) is 23.2. The van der Waals surface area contributed by atoms with Gasteiger partial charge in [-0.25, -0.2) is 8.78 Å². The highest BCUT2D eigenvalue weighted by Gasteiger charge is 2.69. The highest BCUT2D eigenvalue weighted by molar-refractivity contribution is 5.99. The number of aliphatic hydroxyl groups excluding tert-OH is 1. The molecule has 3 aliphatic carbocycles. The van der Waals surface area contributed by atoms with Gasteiger partial charge in [-0.15, -0.1) is 0 Å². The van der Waals surface area contributed by atoms with Gasteiger partial charge in [0.2, 0.25) is 0 Å². The SMILES string of the molecule is CC[C@H]1CCC[C@H](O[C@H]2CC[C@H](N(C)C)C(C)O2)[C@@H](C)C(=O)C2=C[C@H]3[C@@H]4C[C@H](O[C@H](O)[C@@H](OC)C(OC)[C@@H](OC)C(C)C)C[C@H]4[C@H]4[C@@H]([C@H]3[C@@H]2CC(=O)O1)N4c1ccc(F)cc1F. The summed E-state index contributed by atoms with van der Waals surface area (Å²) in [7, 11) is 8.79. The standard InChI is InChI=1S/C48H72F2N2O10/c1-11-28-13-12-14-38(62-40-18-17-36(51(6)7)26(5)59-40)25(4)44(54)34-22-31-30-20-29(61-48(55)47(58-10)46(57-9)45(56-8)24(2)3)21-33(30)42-43(41(31)32(34)23-39(53)60-28)52(42)37-16-15-27(49)19-35(37)50/h15-16,19,22,24-26,28-33,36,38,40-43,45-48,55H,11-14,17-18,20-21,23H2,1-10H3/t25-,26?,28+,29+,30+,31+,32-,33-,36+,38+,40+,41-,42+,43-,45+,46?,47+,48+,52?/m1/s1. The van der Waals surface area contributed by atoms with E-state index >= 15 is 9.18 Å². The summed E-state index contributed by atoms with van der Waals surface area (Å²) in [5.74, 6) is -3.03. The van der Waals surface area contributed by atoms with Gasteiger partial charge in [0.15, 0.2) is 18.4 Å². The normalized spacial score (nSPS) is 38.2. The maximum absolute atomic E-state index is 15.8. The lowest BCUT2D eigenvalue weighted by Crippen LogP contribution is -2.50. The van der Waals surface area contributed by atoms with E-state index in [4.69, 9.17) is 33.2 Å². The second-order valence-corrected chi connectivity index (χ2v) is 19.5. The molecule has 12 nitrogen and oxygen atoms in total. The molecule has 3 heterocycles. The van der Waals surface area contributed by atoms with Crippen LogP contribution in [0.5, 0.6) is 0 Å². The number of nitrogens with zero attached hydrogens (tertiary/aromatic N) is 2. The molecular formula is C48H72F2N2O10. The number of rotatable bonds is 14. The molecule has 62 heavy (non-hydrogen) atoms. The Kier molecular flexibility index (Phi) is 15.2. The smallest absolute Gasteiger partial charge is 0.306 e. The summed E-state index contributed by atoms with van der Waals surface area (Å²) in [4.78, 5) is 33.3. The molecule has 0 aromatic heterocycles. The Morgan fingerprint density at radius 2 is 1.65 bits per heavy atom. The molecule has 6 aliphatic rings. The van der Waals surface area contributed by atoms with E-state index in [1.807, 2.05) is 32.6 Å². The average molecular weight is 875 g/mol. The van der Waals surface area contributed by atoms with Crippen molar-refractivity contribution in [3.05, 3.63) is 41.5 Å². The molecule has 2 unspecified atom stereocenters. The molecule has 3 saturated heterocycles. The lowest BCUT2D eigenvalue weighted by Gasteiger charge is -2.40. The number of hydrogen-bond donors (Lipinski definition) is 1. The predicted octanol–water partition coefficient (Wildman–Crippen LogP) is 6.70. The van der Waals surface area contributed by atoms with Crippen LogP contribution in [0.1, 0.15) is 92.4 Å². The van der Waals surface area contributed by atoms with E-state index in [-0.39, 0.29) is 84.2 Å². The molecule has 348 valence electrons. The van der Waals surface area contributed by atoms with Crippen molar-refractivity contribution in [1.82, 2.24) is 4.90 Å². The second-order valence-electron chi connectivity index (χ2n) is 19.5. The van der Waals surface area contributed by atoms with Crippen LogP contribution in [0.15, 0.2) is 29.8 Å². The summed E-state index contributed by atoms with van der Waals surface area (Å²) in [5.41, 5.74) is 0.905. The number of ketones is 1. The monoisotopic (exact) mass is 875 g/mol. The Bertz CT molecular complexity index is 1750. The Labute approximate surface area is 367 Å². The first-order chi connectivity index (χ1) is 29.6. The third-order valence-corrected chi connectivity index (χ3v) is 15.5. The number of esters is 1. The number of cyclic esters (lactones) is 1. The van der Waals surface area contributed by atoms with Gasteiger partial charge in [-0.1, -0.05) is 33.8 Å². The second kappa shape index (κ2) is 19.9. The molecule has 0 amide bonds. The number of ether oxygens (including phenoxy) is 7. The van der Waals surface area contributed by atoms with Gasteiger partial charge in [-0.05, 0) is 120 Å². The van der Waals surface area contributed by atoms with Crippen molar-refractivity contribution in [2.24, 2.45) is 41.4 Å². The molecule has 7 rings (SSSR count). The Morgan fingerprint density at radius 1 is 0.935 bits per heavy atom. The first-order valence-electron chi connectivity index (χ1n) is 23.2. The van der Waals surface area contributed by atoms with Crippen LogP contribution in [-0.4, -0.2) is 131 Å². The molecule has 2 saturated carbocycles. The number of benzene rings is 1. The summed E-state index contributed by atoms with van der Waals surface area (Å²) in [6.07, 6.45) is 2.82. The van der Waals surface area contributed by atoms with Crippen molar-refractivity contribution in [1.29, 1.82) is 0 Å². The average Bonchev–Trinajstić information content (AvgIpc) is 3.60. The van der Waals surface area contributed by atoms with Crippen LogP contribution >= 0.6 is 0 Å². The third-order valence-electron chi connectivity index (χ3n) is 15.5. The fourth-order valence-corrected chi connectivity index (χ4v) is 12.5. The van der Waals surface area contributed by atoms with Crippen molar-refractivity contribution >= 4 is 17.4 Å². The van der Waals surface area contributed by atoms with E-state index in [1.165, 1.54) is 19.2 Å². The van der Waals surface area contributed by atoms with Gasteiger partial charge in [0.25, 0.3) is 0 Å². The number of fused-ring (bicyclic) bond motifs is 8. The van der Waals surface area contributed by atoms with E-state index in [9.17, 15) is 14.3 Å². The molecule has 0 bridgehead atoms. The fraction of sp³-hybridized carbons (Fsp3) is 0.792. The summed E-state index contributed by atoms with van der Waals surface area (Å²) in [6.45, 7) is 10.1. The van der Waals surface area contributed by atoms with E-state index < -0.39 is 60.5 Å². The van der Waals surface area contributed by atoms with Crippen molar-refractivity contribution < 1.29 is 56.6 Å². The quantitative estimate of drug-likeness (QED) is 0.122. The summed E-state index contributed by atoms with van der Waals surface area (Å²) >= 11 is 0. The van der Waals surface area contributed by atoms with Crippen LogP contribution < -0.4 is 4.90 Å². The Morgan fingerprint density at radius 3 is 2.27 bits per heavy atom. The van der Waals surface area contributed by atoms with Crippen LogP contribution in [0, 0.1) is 53.1 Å². The van der Waals surface area contributed by atoms with Crippen LogP contribution in [0.2, 0.25) is 0 Å². The summed E-state index contributed by atoms with van der Waals surface area (Å²) in [6, 6.07) is 3.58. The number of anilines is 1. The predicted molar refractivity (Wildman–Crippen MR) is 228 cm³/mol. The van der Waals surface area contributed by atoms with Gasteiger partial charge in [0.05, 0.1) is 48.6 Å². The molecular weight excluding hydrogens is 803 g/mol. The summed E-state index contributed by atoms with van der Waals surface area (Å²) < 4.78 is 73.3. The number of methoxy groups -OCH3 is 3. The maximum atomic E-state index is 15.8. The van der Waals surface area contributed by atoms with E-state index in [1.54, 1.807) is 14.2 Å². The van der Waals surface area contributed by atoms with E-state index in [2.05, 4.69) is 32.0 Å². The van der Waals surface area contributed by atoms with E-state index in [0.29, 0.717) is 43.4 Å². The first kappa shape index (κ1) is 47.4. The van der Waals surface area contributed by atoms with Crippen LogP contribution in [0.3, 0.4) is 0 Å². The van der Waals surface area contributed by atoms with Crippen molar-refractivity contribution in [3.8, 4) is 0 Å². The molecule has 0 spiro atoms. The number of aliphatic hydroxyl groups is 1. The lowest BCUT2D eigenvalue weighted by atomic mass is 9.66. The zero-order chi connectivity index (χ0) is 44.7. The zero-order valence-electron chi connectivity index (χ0n) is 38.4. The van der Waals surface area contributed by atoms with Gasteiger partial charge in [-0.2, -0.15) is 0 Å². The van der Waals surface area contributed by atoms with Gasteiger partial charge in [0.1, 0.15) is 29.9 Å². The number of allylic oxidation sites excluding steroid dienone is 2. The third kappa shape index (κ3) is 9.41. The fourth-order valence-electron chi connectivity index (χ4n) is 12.5. The number of halogens is 2. The minimum absolute atomic E-state index is 0.000645. The van der Waals surface area contributed by atoms with Gasteiger partial charge < -0.3 is 48.1 Å². The molecule has 0 radical (unpaired) electrons. The Hall–Kier alpha value is -2.56. The number of hydrogen-bond acceptors (Lipinski definition) is 12. The van der Waals surface area contributed by atoms with Gasteiger partial charge in [0, 0.05) is 45.3 Å². The zero-order valence-corrected chi connectivity index (χ0v) is 38.4. The number of carbonyl (C=O) groups is 2. The highest BCUT2D eigenvalue weighted by Crippen LogP contribution is 2.65. The molecule has 5 fully saturated rings. The molecule has 1 aromatic carbocycles. The van der Waals surface area contributed by atoms with Crippen molar-refractivity contribution in [2.45, 2.75) is 166 Å². The summed E-state index contributed by atoms with van der Waals surface area (Å²) in [5, 5.41) is 11.6. The minimum Gasteiger partial charge on any atom is -0.462 e. The van der Waals surface area contributed by atoms with Crippen LogP contribution in [0.25, 0.3) is 0 Å². The minimum atomic E-state index is -1.34. The Balaban J connectivity index is 1.21. The highest BCUT2D eigenvalue weighted by atomic mass is 19.1. The van der Waals surface area contributed by atoms with E-state index in [0.717, 1.165) is 25.3 Å². The topological polar surface area (TPSA) is 125 Å². The van der Waals surface area contributed by atoms with Crippen LogP contribution in [0.4, 0.5) is 14.5 Å².